The van der Waals surface area contributed by atoms with E-state index in [0.717, 1.165) is 84.7 Å². The SMILES string of the molecule is CCNC(=NCC1(N2CCOCC2)CCCCC1)NCC(C)CN1CCOCC1.I. The summed E-state index contributed by atoms with van der Waals surface area (Å²) in [6.07, 6.45) is 6.56. The van der Waals surface area contributed by atoms with Gasteiger partial charge in [0.2, 0.25) is 0 Å². The van der Waals surface area contributed by atoms with Crippen molar-refractivity contribution < 1.29 is 9.47 Å². The minimum absolute atomic E-state index is 0. The molecule has 7 nitrogen and oxygen atoms in total. The Morgan fingerprint density at radius 2 is 1.60 bits per heavy atom. The van der Waals surface area contributed by atoms with Gasteiger partial charge in [-0.1, -0.05) is 26.2 Å². The second-order valence-electron chi connectivity index (χ2n) is 8.98. The smallest absolute Gasteiger partial charge is 0.191 e. The van der Waals surface area contributed by atoms with E-state index in [-0.39, 0.29) is 29.5 Å². The summed E-state index contributed by atoms with van der Waals surface area (Å²) in [7, 11) is 0. The third-order valence-corrected chi connectivity index (χ3v) is 6.63. The molecule has 2 N–H and O–H groups in total. The van der Waals surface area contributed by atoms with Gasteiger partial charge >= 0.3 is 0 Å². The lowest BCUT2D eigenvalue weighted by atomic mass is 9.80. The van der Waals surface area contributed by atoms with E-state index in [1.807, 2.05) is 0 Å². The van der Waals surface area contributed by atoms with Crippen molar-refractivity contribution in [3.8, 4) is 0 Å². The highest BCUT2D eigenvalue weighted by Gasteiger charge is 2.38. The highest BCUT2D eigenvalue weighted by molar-refractivity contribution is 14.0. The van der Waals surface area contributed by atoms with E-state index in [0.29, 0.717) is 5.92 Å². The predicted molar refractivity (Wildman–Crippen MR) is 134 cm³/mol. The molecule has 3 rings (SSSR count). The van der Waals surface area contributed by atoms with E-state index in [2.05, 4.69) is 34.3 Å². The van der Waals surface area contributed by atoms with E-state index >= 15 is 0 Å². The van der Waals surface area contributed by atoms with Gasteiger partial charge in [0.1, 0.15) is 0 Å². The van der Waals surface area contributed by atoms with Gasteiger partial charge in [-0.05, 0) is 25.7 Å². The molecule has 30 heavy (non-hydrogen) atoms. The molecule has 0 bridgehead atoms. The Kier molecular flexibility index (Phi) is 12.2. The zero-order valence-electron chi connectivity index (χ0n) is 19.2. The highest BCUT2D eigenvalue weighted by Crippen LogP contribution is 2.34. The summed E-state index contributed by atoms with van der Waals surface area (Å²) in [5.74, 6) is 1.55. The van der Waals surface area contributed by atoms with Crippen LogP contribution in [-0.2, 0) is 9.47 Å². The fourth-order valence-corrected chi connectivity index (χ4v) is 4.95. The van der Waals surface area contributed by atoms with Crippen molar-refractivity contribution in [1.29, 1.82) is 0 Å². The summed E-state index contributed by atoms with van der Waals surface area (Å²) in [6, 6.07) is 0. The number of guanidine groups is 1. The Hall–Kier alpha value is -0.160. The number of nitrogens with zero attached hydrogens (tertiary/aromatic N) is 3. The van der Waals surface area contributed by atoms with Gasteiger partial charge in [-0.3, -0.25) is 14.8 Å². The van der Waals surface area contributed by atoms with Crippen LogP contribution in [0.4, 0.5) is 0 Å². The molecule has 1 aliphatic carbocycles. The van der Waals surface area contributed by atoms with Crippen molar-refractivity contribution in [1.82, 2.24) is 20.4 Å². The fraction of sp³-hybridized carbons (Fsp3) is 0.955. The number of nitrogens with one attached hydrogen (secondary N) is 2. The largest absolute Gasteiger partial charge is 0.379 e. The van der Waals surface area contributed by atoms with Crippen LogP contribution in [0.5, 0.6) is 0 Å². The molecule has 0 radical (unpaired) electrons. The average Bonchev–Trinajstić information content (AvgIpc) is 2.77. The second-order valence-corrected chi connectivity index (χ2v) is 8.98. The van der Waals surface area contributed by atoms with Crippen molar-refractivity contribution in [3.63, 3.8) is 0 Å². The zero-order valence-corrected chi connectivity index (χ0v) is 21.5. The van der Waals surface area contributed by atoms with Crippen molar-refractivity contribution in [2.45, 2.75) is 51.5 Å². The van der Waals surface area contributed by atoms with Gasteiger partial charge in [-0.2, -0.15) is 0 Å². The normalized spacial score (nSPS) is 24.7. The van der Waals surface area contributed by atoms with Gasteiger partial charge in [0.25, 0.3) is 0 Å². The molecule has 1 saturated carbocycles. The van der Waals surface area contributed by atoms with Crippen molar-refractivity contribution in [2.75, 3.05) is 78.8 Å². The van der Waals surface area contributed by atoms with E-state index in [4.69, 9.17) is 14.5 Å². The molecular weight excluding hydrogens is 493 g/mol. The molecule has 0 aromatic rings. The average molecular weight is 538 g/mol. The van der Waals surface area contributed by atoms with Crippen LogP contribution in [0.1, 0.15) is 46.0 Å². The van der Waals surface area contributed by atoms with Gasteiger partial charge in [0.15, 0.2) is 5.96 Å². The number of hydrogen-bond donors (Lipinski definition) is 2. The Balaban J connectivity index is 0.00000320. The van der Waals surface area contributed by atoms with Gasteiger partial charge in [0, 0.05) is 51.4 Å². The van der Waals surface area contributed by atoms with Crippen molar-refractivity contribution in [3.05, 3.63) is 0 Å². The summed E-state index contributed by atoms with van der Waals surface area (Å²) >= 11 is 0. The third kappa shape index (κ3) is 8.07. The van der Waals surface area contributed by atoms with Crippen LogP contribution in [0.2, 0.25) is 0 Å². The van der Waals surface area contributed by atoms with Crippen molar-refractivity contribution >= 4 is 29.9 Å². The Morgan fingerprint density at radius 1 is 0.967 bits per heavy atom. The Morgan fingerprint density at radius 3 is 2.23 bits per heavy atom. The van der Waals surface area contributed by atoms with E-state index < -0.39 is 0 Å². The third-order valence-electron chi connectivity index (χ3n) is 6.63. The molecule has 2 aliphatic heterocycles. The predicted octanol–water partition coefficient (Wildman–Crippen LogP) is 2.16. The summed E-state index contributed by atoms with van der Waals surface area (Å²) < 4.78 is 11.1. The number of hydrogen-bond acceptors (Lipinski definition) is 5. The molecular formula is C22H44IN5O2. The molecule has 0 spiro atoms. The first kappa shape index (κ1) is 26.1. The molecule has 176 valence electrons. The lowest BCUT2D eigenvalue weighted by Crippen LogP contribution is -2.56. The number of ether oxygens (including phenoxy) is 2. The van der Waals surface area contributed by atoms with Crippen LogP contribution in [0.15, 0.2) is 4.99 Å². The van der Waals surface area contributed by atoms with E-state index in [1.165, 1.54) is 32.1 Å². The zero-order chi connectivity index (χ0) is 20.4. The van der Waals surface area contributed by atoms with Crippen LogP contribution in [-0.4, -0.2) is 100 Å². The minimum atomic E-state index is 0. The highest BCUT2D eigenvalue weighted by atomic mass is 127. The lowest BCUT2D eigenvalue weighted by molar-refractivity contribution is -0.0333. The van der Waals surface area contributed by atoms with Crippen LogP contribution in [0.25, 0.3) is 0 Å². The molecule has 0 amide bonds. The van der Waals surface area contributed by atoms with Crippen LogP contribution in [0, 0.1) is 5.92 Å². The van der Waals surface area contributed by atoms with E-state index in [9.17, 15) is 0 Å². The maximum atomic E-state index is 5.61. The number of rotatable bonds is 8. The van der Waals surface area contributed by atoms with Crippen LogP contribution in [0.3, 0.4) is 0 Å². The Bertz CT molecular complexity index is 490. The molecule has 3 aliphatic rings. The monoisotopic (exact) mass is 537 g/mol. The standard InChI is InChI=1S/C22H43N5O2.HI/c1-3-23-21(24-17-20(2)18-26-9-13-28-14-10-26)25-19-22(7-5-4-6-8-22)27-11-15-29-16-12-27;/h20H,3-19H2,1-2H3,(H2,23,24,25);1H. The van der Waals surface area contributed by atoms with Crippen LogP contribution >= 0.6 is 24.0 Å². The summed E-state index contributed by atoms with van der Waals surface area (Å²) in [6.45, 7) is 16.0. The Labute approximate surface area is 200 Å². The summed E-state index contributed by atoms with van der Waals surface area (Å²) in [5.41, 5.74) is 0.226. The topological polar surface area (TPSA) is 61.4 Å². The molecule has 2 heterocycles. The molecule has 0 aromatic heterocycles. The summed E-state index contributed by atoms with van der Waals surface area (Å²) in [5, 5.41) is 7.07. The van der Waals surface area contributed by atoms with Crippen molar-refractivity contribution in [2.24, 2.45) is 10.9 Å². The van der Waals surface area contributed by atoms with Gasteiger partial charge < -0.3 is 20.1 Å². The molecule has 3 fully saturated rings. The molecule has 0 aromatic carbocycles. The minimum Gasteiger partial charge on any atom is -0.379 e. The number of aliphatic imine (C=N–C) groups is 1. The lowest BCUT2D eigenvalue weighted by Gasteiger charge is -2.47. The molecule has 1 atom stereocenters. The van der Waals surface area contributed by atoms with Crippen LogP contribution < -0.4 is 10.6 Å². The first-order valence-corrected chi connectivity index (χ1v) is 11.9. The maximum absolute atomic E-state index is 5.61. The molecule has 8 heteroatoms. The number of halogens is 1. The van der Waals surface area contributed by atoms with Gasteiger partial charge in [-0.25, -0.2) is 0 Å². The van der Waals surface area contributed by atoms with E-state index in [1.54, 1.807) is 0 Å². The quantitative estimate of drug-likeness (QED) is 0.281. The molecule has 1 unspecified atom stereocenters. The fourth-order valence-electron chi connectivity index (χ4n) is 4.95. The van der Waals surface area contributed by atoms with Gasteiger partial charge in [0.05, 0.1) is 33.0 Å². The molecule has 2 saturated heterocycles. The maximum Gasteiger partial charge on any atom is 0.191 e. The first-order valence-electron chi connectivity index (χ1n) is 11.9. The van der Waals surface area contributed by atoms with Gasteiger partial charge in [-0.15, -0.1) is 24.0 Å². The summed E-state index contributed by atoms with van der Waals surface area (Å²) in [4.78, 5) is 10.3. The number of morpholine rings is 2. The second kappa shape index (κ2) is 14.1. The first-order chi connectivity index (χ1) is 14.2.